The molecule has 0 unspecified atom stereocenters. The highest BCUT2D eigenvalue weighted by atomic mass is 19.1. The van der Waals surface area contributed by atoms with Crippen molar-refractivity contribution in [3.63, 3.8) is 0 Å². The largest absolute Gasteiger partial charge is 0.300 e. The first-order valence-electron chi connectivity index (χ1n) is 7.22. The summed E-state index contributed by atoms with van der Waals surface area (Å²) in [5, 5.41) is 4.17. The lowest BCUT2D eigenvalue weighted by molar-refractivity contribution is 0.0846. The average molecular weight is 273 g/mol. The lowest BCUT2D eigenvalue weighted by Crippen LogP contribution is -2.43. The minimum atomic E-state index is -0.834. The number of halogens is 1. The number of alkyl halides is 1. The summed E-state index contributed by atoms with van der Waals surface area (Å²) in [6.45, 7) is 2.38. The second kappa shape index (κ2) is 6.18. The van der Waals surface area contributed by atoms with E-state index in [1.54, 1.807) is 10.9 Å². The molecule has 3 nitrogen and oxygen atoms in total. The predicted octanol–water partition coefficient (Wildman–Crippen LogP) is 2.71. The van der Waals surface area contributed by atoms with E-state index in [0.29, 0.717) is 6.54 Å². The summed E-state index contributed by atoms with van der Waals surface area (Å²) in [5.74, 6) is 0. The van der Waals surface area contributed by atoms with Gasteiger partial charge in [-0.2, -0.15) is 5.10 Å². The average Bonchev–Trinajstić information content (AvgIpc) is 3.00. The van der Waals surface area contributed by atoms with Gasteiger partial charge in [-0.25, -0.2) is 4.39 Å². The molecule has 1 saturated heterocycles. The Kier molecular flexibility index (Phi) is 4.11. The normalized spacial score (nSPS) is 23.9. The van der Waals surface area contributed by atoms with Gasteiger partial charge in [-0.3, -0.25) is 9.58 Å². The molecule has 1 aliphatic rings. The van der Waals surface area contributed by atoms with Crippen molar-refractivity contribution < 1.29 is 4.39 Å². The molecule has 2 atom stereocenters. The summed E-state index contributed by atoms with van der Waals surface area (Å²) in [6, 6.07) is 12.1. The van der Waals surface area contributed by atoms with E-state index < -0.39 is 6.17 Å². The van der Waals surface area contributed by atoms with E-state index in [0.717, 1.165) is 25.9 Å². The molecule has 0 amide bonds. The highest BCUT2D eigenvalue weighted by molar-refractivity contribution is 5.14. The number of piperidine rings is 1. The Morgan fingerprint density at radius 1 is 1.20 bits per heavy atom. The third-order valence-electron chi connectivity index (χ3n) is 4.02. The summed E-state index contributed by atoms with van der Waals surface area (Å²) in [4.78, 5) is 2.22. The molecule has 20 heavy (non-hydrogen) atoms. The molecular weight excluding hydrogens is 253 g/mol. The van der Waals surface area contributed by atoms with Crippen LogP contribution in [-0.4, -0.2) is 40.5 Å². The third kappa shape index (κ3) is 3.07. The van der Waals surface area contributed by atoms with Gasteiger partial charge in [0.25, 0.3) is 0 Å². The Hall–Kier alpha value is -1.68. The zero-order valence-electron chi connectivity index (χ0n) is 11.5. The van der Waals surface area contributed by atoms with Gasteiger partial charge in [0, 0.05) is 32.0 Å². The Bertz CT molecular complexity index is 512. The summed E-state index contributed by atoms with van der Waals surface area (Å²) >= 11 is 0. The van der Waals surface area contributed by atoms with Gasteiger partial charge >= 0.3 is 0 Å². The second-order valence-electron chi connectivity index (χ2n) is 5.39. The monoisotopic (exact) mass is 273 g/mol. The Morgan fingerprint density at radius 3 is 2.75 bits per heavy atom. The number of nitrogens with zero attached hydrogens (tertiary/aromatic N) is 3. The van der Waals surface area contributed by atoms with Crippen LogP contribution in [-0.2, 0) is 6.42 Å². The fourth-order valence-electron chi connectivity index (χ4n) is 2.87. The van der Waals surface area contributed by atoms with Gasteiger partial charge in [-0.1, -0.05) is 30.3 Å². The molecule has 1 aliphatic heterocycles. The maximum atomic E-state index is 14.3. The van der Waals surface area contributed by atoms with E-state index in [1.165, 1.54) is 5.56 Å². The SMILES string of the molecule is F[C@H]1CN(CCc2ccccc2)CC[C@@H]1n1cccn1. The predicted molar refractivity (Wildman–Crippen MR) is 77.4 cm³/mol. The third-order valence-corrected chi connectivity index (χ3v) is 4.02. The Balaban J connectivity index is 1.52. The number of aromatic nitrogens is 2. The standard InChI is InChI=1S/C16H20FN3/c17-15-13-19(11-7-14-5-2-1-3-6-14)12-8-16(15)20-10-4-9-18-20/h1-6,9-10,15-16H,7-8,11-13H2/t15-,16-/m0/s1. The summed E-state index contributed by atoms with van der Waals surface area (Å²) < 4.78 is 16.0. The van der Waals surface area contributed by atoms with Crippen LogP contribution < -0.4 is 0 Å². The Morgan fingerprint density at radius 2 is 2.05 bits per heavy atom. The first-order chi connectivity index (χ1) is 9.83. The van der Waals surface area contributed by atoms with Gasteiger partial charge < -0.3 is 0 Å². The van der Waals surface area contributed by atoms with Crippen LogP contribution in [0.3, 0.4) is 0 Å². The van der Waals surface area contributed by atoms with E-state index >= 15 is 0 Å². The van der Waals surface area contributed by atoms with Gasteiger partial charge in [-0.15, -0.1) is 0 Å². The molecule has 106 valence electrons. The topological polar surface area (TPSA) is 21.1 Å². The molecule has 0 spiro atoms. The fraction of sp³-hybridized carbons (Fsp3) is 0.438. The smallest absolute Gasteiger partial charge is 0.135 e. The maximum Gasteiger partial charge on any atom is 0.135 e. The highest BCUT2D eigenvalue weighted by Crippen LogP contribution is 2.24. The highest BCUT2D eigenvalue weighted by Gasteiger charge is 2.30. The van der Waals surface area contributed by atoms with Crippen LogP contribution in [0.25, 0.3) is 0 Å². The summed E-state index contributed by atoms with van der Waals surface area (Å²) in [7, 11) is 0. The van der Waals surface area contributed by atoms with Crippen molar-refractivity contribution in [2.75, 3.05) is 19.6 Å². The van der Waals surface area contributed by atoms with E-state index in [9.17, 15) is 4.39 Å². The molecule has 0 bridgehead atoms. The van der Waals surface area contributed by atoms with Crippen molar-refractivity contribution in [1.29, 1.82) is 0 Å². The van der Waals surface area contributed by atoms with Crippen molar-refractivity contribution in [1.82, 2.24) is 14.7 Å². The molecule has 2 heterocycles. The minimum absolute atomic E-state index is 0.0991. The molecule has 1 fully saturated rings. The summed E-state index contributed by atoms with van der Waals surface area (Å²) in [6.07, 6.45) is 4.56. The van der Waals surface area contributed by atoms with Crippen LogP contribution in [0.2, 0.25) is 0 Å². The van der Waals surface area contributed by atoms with Crippen molar-refractivity contribution >= 4 is 0 Å². The minimum Gasteiger partial charge on any atom is -0.300 e. The molecule has 0 saturated carbocycles. The van der Waals surface area contributed by atoms with Gasteiger partial charge in [-0.05, 0) is 24.5 Å². The van der Waals surface area contributed by atoms with E-state index in [2.05, 4.69) is 34.3 Å². The number of likely N-dealkylation sites (tertiary alicyclic amines) is 1. The van der Waals surface area contributed by atoms with Crippen LogP contribution in [0.1, 0.15) is 18.0 Å². The van der Waals surface area contributed by atoms with E-state index in [1.807, 2.05) is 18.3 Å². The zero-order valence-corrected chi connectivity index (χ0v) is 11.5. The molecule has 2 aromatic rings. The van der Waals surface area contributed by atoms with Crippen molar-refractivity contribution in [2.45, 2.75) is 25.1 Å². The van der Waals surface area contributed by atoms with Crippen LogP contribution in [0, 0.1) is 0 Å². The van der Waals surface area contributed by atoms with Crippen LogP contribution in [0.4, 0.5) is 4.39 Å². The molecule has 0 radical (unpaired) electrons. The van der Waals surface area contributed by atoms with Gasteiger partial charge in [0.1, 0.15) is 6.17 Å². The van der Waals surface area contributed by atoms with Crippen molar-refractivity contribution in [2.24, 2.45) is 0 Å². The van der Waals surface area contributed by atoms with E-state index in [4.69, 9.17) is 0 Å². The first kappa shape index (κ1) is 13.3. The van der Waals surface area contributed by atoms with Gasteiger partial charge in [0.15, 0.2) is 0 Å². The van der Waals surface area contributed by atoms with Crippen molar-refractivity contribution in [3.05, 3.63) is 54.4 Å². The van der Waals surface area contributed by atoms with Crippen LogP contribution >= 0.6 is 0 Å². The van der Waals surface area contributed by atoms with Gasteiger partial charge in [0.05, 0.1) is 6.04 Å². The molecule has 0 N–H and O–H groups in total. The lowest BCUT2D eigenvalue weighted by Gasteiger charge is -2.34. The lowest BCUT2D eigenvalue weighted by atomic mass is 10.0. The molecule has 1 aromatic heterocycles. The number of benzene rings is 1. The quantitative estimate of drug-likeness (QED) is 0.854. The molecule has 3 rings (SSSR count). The number of hydrogen-bond donors (Lipinski definition) is 0. The van der Waals surface area contributed by atoms with Crippen molar-refractivity contribution in [3.8, 4) is 0 Å². The molecule has 1 aromatic carbocycles. The second-order valence-corrected chi connectivity index (χ2v) is 5.39. The van der Waals surface area contributed by atoms with E-state index in [-0.39, 0.29) is 6.04 Å². The molecular formula is C16H20FN3. The number of rotatable bonds is 4. The van der Waals surface area contributed by atoms with Gasteiger partial charge in [0.2, 0.25) is 0 Å². The van der Waals surface area contributed by atoms with Crippen LogP contribution in [0.5, 0.6) is 0 Å². The number of hydrogen-bond acceptors (Lipinski definition) is 2. The fourth-order valence-corrected chi connectivity index (χ4v) is 2.87. The zero-order chi connectivity index (χ0) is 13.8. The maximum absolute atomic E-state index is 14.3. The van der Waals surface area contributed by atoms with Crippen LogP contribution in [0.15, 0.2) is 48.8 Å². The first-order valence-corrected chi connectivity index (χ1v) is 7.22. The summed E-state index contributed by atoms with van der Waals surface area (Å²) in [5.41, 5.74) is 1.32. The molecule has 4 heteroatoms. The Labute approximate surface area is 119 Å². The molecule has 0 aliphatic carbocycles.